The van der Waals surface area contributed by atoms with Crippen molar-refractivity contribution < 1.29 is 19.7 Å². The van der Waals surface area contributed by atoms with Gasteiger partial charge in [0.2, 0.25) is 0 Å². The zero-order valence-corrected chi connectivity index (χ0v) is 16.8. The van der Waals surface area contributed by atoms with Gasteiger partial charge in [0, 0.05) is 40.8 Å². The van der Waals surface area contributed by atoms with Crippen molar-refractivity contribution >= 4 is 23.0 Å². The predicted octanol–water partition coefficient (Wildman–Crippen LogP) is 3.87. The molecule has 31 heavy (non-hydrogen) atoms. The highest BCUT2D eigenvalue weighted by atomic mass is 16.5. The monoisotopic (exact) mass is 415 g/mol. The lowest BCUT2D eigenvalue weighted by Gasteiger charge is -2.07. The Morgan fingerprint density at radius 3 is 2.61 bits per heavy atom. The second kappa shape index (κ2) is 8.62. The molecule has 1 amide bonds. The van der Waals surface area contributed by atoms with Crippen LogP contribution in [0.1, 0.15) is 21.5 Å². The van der Waals surface area contributed by atoms with Gasteiger partial charge in [-0.2, -0.15) is 5.10 Å². The highest BCUT2D eigenvalue weighted by Crippen LogP contribution is 2.23. The van der Waals surface area contributed by atoms with E-state index >= 15 is 0 Å². The first-order chi connectivity index (χ1) is 15.0. The quantitative estimate of drug-likeness (QED) is 0.329. The van der Waals surface area contributed by atoms with Crippen LogP contribution in [0.25, 0.3) is 10.9 Å². The number of nitrogens with zero attached hydrogens (tertiary/aromatic N) is 2. The lowest BCUT2D eigenvalue weighted by molar-refractivity contribution is 0.0954. The molecule has 0 aliphatic carbocycles. The Kier molecular flexibility index (Phi) is 5.57. The van der Waals surface area contributed by atoms with Crippen LogP contribution in [0.4, 0.5) is 0 Å². The molecule has 156 valence electrons. The number of methoxy groups -OCH3 is 1. The van der Waals surface area contributed by atoms with Crippen molar-refractivity contribution in [2.75, 3.05) is 7.11 Å². The fraction of sp³-hybridized carbons (Fsp3) is 0.0833. The molecule has 4 aromatic rings. The summed E-state index contributed by atoms with van der Waals surface area (Å²) in [7, 11) is 1.64. The lowest BCUT2D eigenvalue weighted by atomic mass is 10.2. The molecule has 0 bridgehead atoms. The van der Waals surface area contributed by atoms with Gasteiger partial charge in [-0.1, -0.05) is 30.3 Å². The van der Waals surface area contributed by atoms with Crippen LogP contribution in [-0.2, 0) is 6.54 Å². The molecule has 0 fully saturated rings. The number of carbonyl (C=O) groups is 1. The van der Waals surface area contributed by atoms with Gasteiger partial charge in [-0.15, -0.1) is 0 Å². The maximum absolute atomic E-state index is 12.2. The Hall–Kier alpha value is -4.26. The summed E-state index contributed by atoms with van der Waals surface area (Å²) >= 11 is 0. The topological polar surface area (TPSA) is 96.1 Å². The van der Waals surface area contributed by atoms with Gasteiger partial charge in [0.05, 0.1) is 13.3 Å². The number of phenolic OH excluding ortho intramolecular Hbond substituents is 2. The standard InChI is InChI=1S/C24H21N3O4/c1-31-21-6-4-5-16(9-21)14-27-15-18(22-7-2-3-8-23(22)27)13-25-26-24(30)17-10-19(28)12-20(29)11-17/h2-13,15,28-29H,14H2,1H3,(H,26,30)/b25-13+. The number of aromatic hydroxyl groups is 2. The first-order valence-corrected chi connectivity index (χ1v) is 9.61. The minimum Gasteiger partial charge on any atom is -0.508 e. The lowest BCUT2D eigenvalue weighted by Crippen LogP contribution is -2.17. The molecule has 0 spiro atoms. The van der Waals surface area contributed by atoms with Crippen LogP contribution in [0.5, 0.6) is 17.2 Å². The number of aromatic nitrogens is 1. The summed E-state index contributed by atoms with van der Waals surface area (Å²) in [6.45, 7) is 0.653. The average Bonchev–Trinajstić information content (AvgIpc) is 3.10. The molecule has 3 aromatic carbocycles. The van der Waals surface area contributed by atoms with E-state index < -0.39 is 5.91 Å². The molecule has 0 aliphatic heterocycles. The van der Waals surface area contributed by atoms with Crippen molar-refractivity contribution in [2.45, 2.75) is 6.54 Å². The Morgan fingerprint density at radius 2 is 1.84 bits per heavy atom. The number of rotatable bonds is 6. The number of benzene rings is 3. The van der Waals surface area contributed by atoms with Gasteiger partial charge in [-0.05, 0) is 35.9 Å². The van der Waals surface area contributed by atoms with E-state index in [1.165, 1.54) is 12.1 Å². The minimum absolute atomic E-state index is 0.107. The second-order valence-electron chi connectivity index (χ2n) is 7.02. The van der Waals surface area contributed by atoms with Crippen molar-refractivity contribution in [3.63, 3.8) is 0 Å². The molecule has 1 aromatic heterocycles. The highest BCUT2D eigenvalue weighted by Gasteiger charge is 2.10. The van der Waals surface area contributed by atoms with Crippen molar-refractivity contribution in [3.05, 3.63) is 89.6 Å². The van der Waals surface area contributed by atoms with E-state index in [4.69, 9.17) is 4.74 Å². The minimum atomic E-state index is -0.539. The summed E-state index contributed by atoms with van der Waals surface area (Å²) in [5.74, 6) is -0.136. The Labute approximate surface area is 178 Å². The Morgan fingerprint density at radius 1 is 1.06 bits per heavy atom. The number of hydrogen-bond acceptors (Lipinski definition) is 5. The van der Waals surface area contributed by atoms with Crippen molar-refractivity contribution in [1.82, 2.24) is 9.99 Å². The van der Waals surface area contributed by atoms with E-state index in [9.17, 15) is 15.0 Å². The molecule has 0 radical (unpaired) electrons. The number of hydrogen-bond donors (Lipinski definition) is 3. The maximum atomic E-state index is 12.2. The van der Waals surface area contributed by atoms with Crippen LogP contribution in [0.2, 0.25) is 0 Å². The first kappa shape index (κ1) is 20.0. The second-order valence-corrected chi connectivity index (χ2v) is 7.02. The van der Waals surface area contributed by atoms with Gasteiger partial charge < -0.3 is 19.5 Å². The molecular formula is C24H21N3O4. The van der Waals surface area contributed by atoms with Crippen molar-refractivity contribution in [1.29, 1.82) is 0 Å². The smallest absolute Gasteiger partial charge is 0.271 e. The Balaban J connectivity index is 1.57. The normalized spacial score (nSPS) is 11.1. The number of phenols is 2. The van der Waals surface area contributed by atoms with Crippen LogP contribution in [0.3, 0.4) is 0 Å². The van der Waals surface area contributed by atoms with Gasteiger partial charge in [-0.3, -0.25) is 4.79 Å². The van der Waals surface area contributed by atoms with Gasteiger partial charge in [0.1, 0.15) is 17.2 Å². The summed E-state index contributed by atoms with van der Waals surface area (Å²) in [6.07, 6.45) is 3.55. The largest absolute Gasteiger partial charge is 0.508 e. The zero-order chi connectivity index (χ0) is 21.8. The molecule has 7 nitrogen and oxygen atoms in total. The molecular weight excluding hydrogens is 394 g/mol. The third kappa shape index (κ3) is 4.51. The average molecular weight is 415 g/mol. The molecule has 1 heterocycles. The molecule has 0 atom stereocenters. The third-order valence-corrected chi connectivity index (χ3v) is 4.84. The fourth-order valence-corrected chi connectivity index (χ4v) is 3.43. The number of amides is 1. The molecule has 3 N–H and O–H groups in total. The molecule has 0 unspecified atom stereocenters. The number of ether oxygens (including phenoxy) is 1. The van der Waals surface area contributed by atoms with Crippen LogP contribution in [0.15, 0.2) is 78.0 Å². The van der Waals surface area contributed by atoms with E-state index in [2.05, 4.69) is 15.1 Å². The first-order valence-electron chi connectivity index (χ1n) is 9.61. The summed E-state index contributed by atoms with van der Waals surface area (Å²) in [6, 6.07) is 19.5. The van der Waals surface area contributed by atoms with Crippen LogP contribution in [0, 0.1) is 0 Å². The van der Waals surface area contributed by atoms with E-state index in [1.807, 2.05) is 54.7 Å². The molecule has 7 heteroatoms. The van der Waals surface area contributed by atoms with E-state index in [0.717, 1.165) is 33.8 Å². The number of para-hydroxylation sites is 1. The number of nitrogens with one attached hydrogen (secondary N) is 1. The van der Waals surface area contributed by atoms with E-state index in [-0.39, 0.29) is 17.1 Å². The highest BCUT2D eigenvalue weighted by molar-refractivity contribution is 6.00. The van der Waals surface area contributed by atoms with E-state index in [1.54, 1.807) is 13.3 Å². The molecule has 0 aliphatic rings. The summed E-state index contributed by atoms with van der Waals surface area (Å²) in [5, 5.41) is 24.1. The van der Waals surface area contributed by atoms with Gasteiger partial charge >= 0.3 is 0 Å². The van der Waals surface area contributed by atoms with Crippen molar-refractivity contribution in [3.8, 4) is 17.2 Å². The van der Waals surface area contributed by atoms with Gasteiger partial charge in [0.15, 0.2) is 0 Å². The fourth-order valence-electron chi connectivity index (χ4n) is 3.43. The Bertz CT molecular complexity index is 1260. The van der Waals surface area contributed by atoms with Crippen LogP contribution >= 0.6 is 0 Å². The maximum Gasteiger partial charge on any atom is 0.271 e. The van der Waals surface area contributed by atoms with Gasteiger partial charge in [0.25, 0.3) is 5.91 Å². The van der Waals surface area contributed by atoms with Gasteiger partial charge in [-0.25, -0.2) is 5.43 Å². The van der Waals surface area contributed by atoms with Crippen LogP contribution in [-0.4, -0.2) is 34.0 Å². The zero-order valence-electron chi connectivity index (χ0n) is 16.8. The van der Waals surface area contributed by atoms with Crippen molar-refractivity contribution in [2.24, 2.45) is 5.10 Å². The predicted molar refractivity (Wildman–Crippen MR) is 119 cm³/mol. The summed E-state index contributed by atoms with van der Waals surface area (Å²) < 4.78 is 7.42. The molecule has 0 saturated carbocycles. The van der Waals surface area contributed by atoms with Crippen LogP contribution < -0.4 is 10.2 Å². The summed E-state index contributed by atoms with van der Waals surface area (Å²) in [4.78, 5) is 12.2. The number of hydrazone groups is 1. The molecule has 4 rings (SSSR count). The number of carbonyl (C=O) groups excluding carboxylic acids is 1. The summed E-state index contributed by atoms with van der Waals surface area (Å²) in [5.41, 5.74) is 5.51. The van der Waals surface area contributed by atoms with E-state index in [0.29, 0.717) is 6.54 Å². The SMILES string of the molecule is COc1cccc(Cn2cc(/C=N/NC(=O)c3cc(O)cc(O)c3)c3ccccc32)c1. The number of fused-ring (bicyclic) bond motifs is 1. The molecule has 0 saturated heterocycles. The third-order valence-electron chi connectivity index (χ3n) is 4.84.